The number of anilines is 1. The number of fused-ring (bicyclic) bond motifs is 2. The van der Waals surface area contributed by atoms with Crippen LogP contribution in [0.2, 0.25) is 0 Å². The fourth-order valence-electron chi connectivity index (χ4n) is 3.16. The number of nitrogens with two attached hydrogens (primary N) is 1. The first-order valence-corrected chi connectivity index (χ1v) is 7.85. The molecule has 0 saturated heterocycles. The predicted octanol–water partition coefficient (Wildman–Crippen LogP) is 3.78. The lowest BCUT2D eigenvalue weighted by molar-refractivity contribution is -0.662. The molecule has 0 amide bonds. The van der Waals surface area contributed by atoms with Gasteiger partial charge in [0.25, 0.3) is 0 Å². The normalized spacial score (nSPS) is 10.8. The highest BCUT2D eigenvalue weighted by Crippen LogP contribution is 2.21. The van der Waals surface area contributed by atoms with Crippen LogP contribution in [0.15, 0.2) is 72.9 Å². The lowest BCUT2D eigenvalue weighted by atomic mass is 10.1. The Kier molecular flexibility index (Phi) is 3.36. The van der Waals surface area contributed by atoms with Gasteiger partial charge in [0.1, 0.15) is 6.07 Å². The lowest BCUT2D eigenvalue weighted by Crippen LogP contribution is -2.34. The highest BCUT2D eigenvalue weighted by Gasteiger charge is 2.14. The van der Waals surface area contributed by atoms with Gasteiger partial charge >= 0.3 is 0 Å². The maximum Gasteiger partial charge on any atom is 0.214 e. The van der Waals surface area contributed by atoms with Crippen LogP contribution < -0.4 is 10.3 Å². The molecule has 4 aromatic rings. The van der Waals surface area contributed by atoms with Crippen LogP contribution in [0.25, 0.3) is 21.7 Å². The van der Waals surface area contributed by atoms with Crippen molar-refractivity contribution in [1.29, 1.82) is 5.26 Å². The van der Waals surface area contributed by atoms with Crippen molar-refractivity contribution in [3.05, 3.63) is 84.1 Å². The second-order valence-electron chi connectivity index (χ2n) is 5.89. The predicted molar refractivity (Wildman–Crippen MR) is 96.3 cm³/mol. The van der Waals surface area contributed by atoms with E-state index in [9.17, 15) is 5.26 Å². The van der Waals surface area contributed by atoms with E-state index in [0.29, 0.717) is 11.3 Å². The molecule has 3 heteroatoms. The Morgan fingerprint density at radius 3 is 2.58 bits per heavy atom. The number of rotatable bonds is 2. The average molecular weight is 310 g/mol. The highest BCUT2D eigenvalue weighted by atomic mass is 14.9. The van der Waals surface area contributed by atoms with Gasteiger partial charge in [0, 0.05) is 17.7 Å². The average Bonchev–Trinajstić information content (AvgIpc) is 2.62. The number of hydrogen-bond acceptors (Lipinski definition) is 2. The van der Waals surface area contributed by atoms with Gasteiger partial charge in [0.05, 0.1) is 16.6 Å². The number of pyridine rings is 1. The van der Waals surface area contributed by atoms with E-state index in [1.54, 1.807) is 6.07 Å². The summed E-state index contributed by atoms with van der Waals surface area (Å²) in [6.07, 6.45) is 2.04. The maximum absolute atomic E-state index is 9.38. The molecule has 0 aliphatic heterocycles. The Morgan fingerprint density at radius 1 is 0.917 bits per heavy atom. The van der Waals surface area contributed by atoms with E-state index in [1.807, 2.05) is 24.4 Å². The third kappa shape index (κ3) is 2.35. The van der Waals surface area contributed by atoms with Gasteiger partial charge < -0.3 is 5.73 Å². The molecular weight excluding hydrogens is 294 g/mol. The van der Waals surface area contributed by atoms with Gasteiger partial charge in [-0.1, -0.05) is 36.4 Å². The van der Waals surface area contributed by atoms with E-state index in [1.165, 1.54) is 16.3 Å². The largest absolute Gasteiger partial charge is 0.398 e. The quantitative estimate of drug-likeness (QED) is 0.452. The van der Waals surface area contributed by atoms with Gasteiger partial charge in [-0.2, -0.15) is 9.83 Å². The fraction of sp³-hybridized carbons (Fsp3) is 0.0476. The van der Waals surface area contributed by atoms with E-state index < -0.39 is 0 Å². The summed E-state index contributed by atoms with van der Waals surface area (Å²) in [7, 11) is 0. The molecule has 0 bridgehead atoms. The van der Waals surface area contributed by atoms with E-state index >= 15 is 0 Å². The number of aromatic nitrogens is 1. The van der Waals surface area contributed by atoms with Crippen molar-refractivity contribution in [2.24, 2.45) is 0 Å². The van der Waals surface area contributed by atoms with Crippen molar-refractivity contribution < 1.29 is 4.57 Å². The molecule has 0 radical (unpaired) electrons. The molecule has 0 atom stereocenters. The van der Waals surface area contributed by atoms with Gasteiger partial charge in [0.15, 0.2) is 12.7 Å². The van der Waals surface area contributed by atoms with Crippen LogP contribution in [0.5, 0.6) is 0 Å². The third-order valence-electron chi connectivity index (χ3n) is 4.37. The van der Waals surface area contributed by atoms with Crippen molar-refractivity contribution in [2.75, 3.05) is 5.73 Å². The van der Waals surface area contributed by atoms with Crippen LogP contribution >= 0.6 is 0 Å². The van der Waals surface area contributed by atoms with E-state index in [0.717, 1.165) is 17.4 Å². The first-order chi connectivity index (χ1) is 11.8. The molecule has 3 nitrogen and oxygen atoms in total. The minimum absolute atomic E-state index is 0.522. The molecule has 24 heavy (non-hydrogen) atoms. The maximum atomic E-state index is 9.38. The van der Waals surface area contributed by atoms with Crippen molar-refractivity contribution in [3.8, 4) is 6.07 Å². The molecule has 0 unspecified atom stereocenters. The molecular formula is C21H16N3+. The molecule has 0 aliphatic carbocycles. The van der Waals surface area contributed by atoms with Crippen molar-refractivity contribution >= 4 is 27.4 Å². The van der Waals surface area contributed by atoms with Gasteiger partial charge in [-0.05, 0) is 29.0 Å². The number of nitrogens with zero attached hydrogens (tertiary/aromatic N) is 2. The summed E-state index contributed by atoms with van der Waals surface area (Å²) in [4.78, 5) is 0. The number of benzene rings is 3. The Morgan fingerprint density at radius 2 is 1.75 bits per heavy atom. The minimum Gasteiger partial charge on any atom is -0.398 e. The first kappa shape index (κ1) is 14.2. The van der Waals surface area contributed by atoms with Crippen LogP contribution in [0.3, 0.4) is 0 Å². The molecule has 4 rings (SSSR count). The summed E-state index contributed by atoms with van der Waals surface area (Å²) in [5.74, 6) is 0. The molecule has 0 aliphatic rings. The summed E-state index contributed by atoms with van der Waals surface area (Å²) in [6, 6.07) is 24.8. The van der Waals surface area contributed by atoms with Gasteiger partial charge in [-0.25, -0.2) is 0 Å². The van der Waals surface area contributed by atoms with Gasteiger partial charge in [-0.3, -0.25) is 0 Å². The summed E-state index contributed by atoms with van der Waals surface area (Å²) in [5.41, 5.74) is 9.23. The molecule has 1 aromatic heterocycles. The van der Waals surface area contributed by atoms with Crippen LogP contribution in [0.4, 0.5) is 5.69 Å². The third-order valence-corrected chi connectivity index (χ3v) is 4.37. The summed E-state index contributed by atoms with van der Waals surface area (Å²) in [5, 5.41) is 12.7. The fourth-order valence-corrected chi connectivity index (χ4v) is 3.16. The Bertz CT molecular complexity index is 1110. The molecule has 0 fully saturated rings. The van der Waals surface area contributed by atoms with Crippen LogP contribution in [-0.4, -0.2) is 0 Å². The van der Waals surface area contributed by atoms with Crippen LogP contribution in [0.1, 0.15) is 11.1 Å². The molecule has 114 valence electrons. The van der Waals surface area contributed by atoms with E-state index in [4.69, 9.17) is 5.73 Å². The molecule has 3 aromatic carbocycles. The minimum atomic E-state index is 0.522. The summed E-state index contributed by atoms with van der Waals surface area (Å²) in [6.45, 7) is 0.747. The van der Waals surface area contributed by atoms with Crippen LogP contribution in [-0.2, 0) is 6.54 Å². The topological polar surface area (TPSA) is 53.7 Å². The standard InChI is InChI=1S/C21H16N3/c22-13-19-18-6-3-11-24(21(18)10-9-20(19)23)14-15-7-8-16-4-1-2-5-17(16)12-15/h1-12H,14,23H2/q+1. The monoisotopic (exact) mass is 310 g/mol. The second kappa shape index (κ2) is 5.68. The van der Waals surface area contributed by atoms with Crippen LogP contribution in [0, 0.1) is 11.3 Å². The van der Waals surface area contributed by atoms with Gasteiger partial charge in [-0.15, -0.1) is 0 Å². The zero-order valence-corrected chi connectivity index (χ0v) is 13.1. The van der Waals surface area contributed by atoms with Crippen molar-refractivity contribution in [3.63, 3.8) is 0 Å². The number of nitrogen functional groups attached to an aromatic ring is 1. The zero-order valence-electron chi connectivity index (χ0n) is 13.1. The molecule has 0 saturated carbocycles. The Hall–Kier alpha value is -3.38. The van der Waals surface area contributed by atoms with Crippen molar-refractivity contribution in [2.45, 2.75) is 6.54 Å². The Labute approximate surface area is 140 Å². The second-order valence-corrected chi connectivity index (χ2v) is 5.89. The first-order valence-electron chi connectivity index (χ1n) is 7.85. The smallest absolute Gasteiger partial charge is 0.214 e. The zero-order chi connectivity index (χ0) is 16.5. The highest BCUT2D eigenvalue weighted by molar-refractivity contribution is 5.87. The number of nitriles is 1. The van der Waals surface area contributed by atoms with E-state index in [-0.39, 0.29) is 0 Å². The molecule has 2 N–H and O–H groups in total. The number of hydrogen-bond donors (Lipinski definition) is 1. The van der Waals surface area contributed by atoms with E-state index in [2.05, 4.69) is 53.1 Å². The molecule has 1 heterocycles. The summed E-state index contributed by atoms with van der Waals surface area (Å²) >= 11 is 0. The lowest BCUT2D eigenvalue weighted by Gasteiger charge is -2.06. The summed E-state index contributed by atoms with van der Waals surface area (Å²) < 4.78 is 2.15. The Balaban J connectivity index is 1.83. The van der Waals surface area contributed by atoms with Crippen molar-refractivity contribution in [1.82, 2.24) is 0 Å². The molecule has 0 spiro atoms. The van der Waals surface area contributed by atoms with Gasteiger partial charge in [0.2, 0.25) is 5.52 Å². The SMILES string of the molecule is N#Cc1c(N)ccc2c1ccc[n+]2Cc1ccc2ccccc2c1.